The lowest BCUT2D eigenvalue weighted by molar-refractivity contribution is -0.142. The maximum absolute atomic E-state index is 11.1. The van der Waals surface area contributed by atoms with E-state index in [1.54, 1.807) is 0 Å². The van der Waals surface area contributed by atoms with Crippen LogP contribution in [0.15, 0.2) is 0 Å². The third kappa shape index (κ3) is 5.53. The first-order valence-electron chi connectivity index (χ1n) is 4.84. The summed E-state index contributed by atoms with van der Waals surface area (Å²) in [5.74, 6) is -1.21. The standard InChI is InChI=1S/C9H18N2O3/c1-2-4-8(12)11-7(9(13)14)5-3-6-10/h7H,2-6,10H2,1H3,(H,11,12)(H,13,14). The van der Waals surface area contributed by atoms with Gasteiger partial charge in [0.2, 0.25) is 5.91 Å². The van der Waals surface area contributed by atoms with Crippen molar-refractivity contribution < 1.29 is 14.7 Å². The summed E-state index contributed by atoms with van der Waals surface area (Å²) < 4.78 is 0. The molecule has 0 fully saturated rings. The van der Waals surface area contributed by atoms with E-state index in [1.807, 2.05) is 6.92 Å². The number of carboxylic acid groups (broad SMARTS) is 1. The zero-order valence-electron chi connectivity index (χ0n) is 8.45. The van der Waals surface area contributed by atoms with Crippen LogP contribution < -0.4 is 11.1 Å². The van der Waals surface area contributed by atoms with Crippen LogP contribution >= 0.6 is 0 Å². The molecule has 1 unspecified atom stereocenters. The summed E-state index contributed by atoms with van der Waals surface area (Å²) in [6, 6.07) is -0.794. The van der Waals surface area contributed by atoms with E-state index in [9.17, 15) is 9.59 Å². The fourth-order valence-corrected chi connectivity index (χ4v) is 1.07. The summed E-state index contributed by atoms with van der Waals surface area (Å²) in [6.45, 7) is 2.31. The summed E-state index contributed by atoms with van der Waals surface area (Å²) in [4.78, 5) is 21.8. The summed E-state index contributed by atoms with van der Waals surface area (Å²) in [7, 11) is 0. The largest absolute Gasteiger partial charge is 0.480 e. The first kappa shape index (κ1) is 12.9. The lowest BCUT2D eigenvalue weighted by atomic mass is 10.1. The fourth-order valence-electron chi connectivity index (χ4n) is 1.07. The van der Waals surface area contributed by atoms with Gasteiger partial charge in [-0.1, -0.05) is 6.92 Å². The quantitative estimate of drug-likeness (QED) is 0.545. The van der Waals surface area contributed by atoms with Crippen LogP contribution in [0.5, 0.6) is 0 Å². The van der Waals surface area contributed by atoms with E-state index in [2.05, 4.69) is 5.32 Å². The maximum atomic E-state index is 11.1. The second kappa shape index (κ2) is 7.32. The van der Waals surface area contributed by atoms with Gasteiger partial charge in [-0.2, -0.15) is 0 Å². The predicted molar refractivity (Wildman–Crippen MR) is 52.8 cm³/mol. The first-order valence-corrected chi connectivity index (χ1v) is 4.84. The number of carbonyl (C=O) groups is 2. The molecule has 0 spiro atoms. The fraction of sp³-hybridized carbons (Fsp3) is 0.778. The average molecular weight is 202 g/mol. The van der Waals surface area contributed by atoms with Crippen molar-refractivity contribution in [2.75, 3.05) is 6.54 Å². The normalized spacial score (nSPS) is 12.1. The molecular formula is C9H18N2O3. The minimum atomic E-state index is -0.997. The molecule has 0 aromatic heterocycles. The number of nitrogens with one attached hydrogen (secondary N) is 1. The molecule has 0 aliphatic carbocycles. The molecule has 82 valence electrons. The number of rotatable bonds is 7. The molecule has 14 heavy (non-hydrogen) atoms. The Labute approximate surface area is 83.7 Å². The molecular weight excluding hydrogens is 184 g/mol. The Balaban J connectivity index is 3.95. The van der Waals surface area contributed by atoms with Gasteiger partial charge in [0.25, 0.3) is 0 Å². The van der Waals surface area contributed by atoms with Crippen LogP contribution in [0.3, 0.4) is 0 Å². The van der Waals surface area contributed by atoms with Gasteiger partial charge in [0.15, 0.2) is 0 Å². The minimum absolute atomic E-state index is 0.211. The van der Waals surface area contributed by atoms with Gasteiger partial charge in [-0.05, 0) is 25.8 Å². The Kier molecular flexibility index (Phi) is 6.74. The molecule has 0 saturated heterocycles. The van der Waals surface area contributed by atoms with Crippen LogP contribution in [-0.2, 0) is 9.59 Å². The molecule has 1 atom stereocenters. The number of nitrogens with two attached hydrogens (primary N) is 1. The van der Waals surface area contributed by atoms with Crippen LogP contribution in [0.1, 0.15) is 32.6 Å². The van der Waals surface area contributed by atoms with Crippen LogP contribution in [0, 0.1) is 0 Å². The zero-order chi connectivity index (χ0) is 11.0. The molecule has 5 heteroatoms. The summed E-state index contributed by atoms with van der Waals surface area (Å²) in [6.07, 6.45) is 2.08. The molecule has 5 nitrogen and oxygen atoms in total. The minimum Gasteiger partial charge on any atom is -0.480 e. The van der Waals surface area contributed by atoms with Crippen LogP contribution in [-0.4, -0.2) is 29.6 Å². The van der Waals surface area contributed by atoms with E-state index >= 15 is 0 Å². The van der Waals surface area contributed by atoms with Crippen molar-refractivity contribution in [3.8, 4) is 0 Å². The summed E-state index contributed by atoms with van der Waals surface area (Å²) >= 11 is 0. The Morgan fingerprint density at radius 3 is 2.57 bits per heavy atom. The number of carbonyl (C=O) groups excluding carboxylic acids is 1. The monoisotopic (exact) mass is 202 g/mol. The van der Waals surface area contributed by atoms with E-state index in [0.29, 0.717) is 25.8 Å². The molecule has 4 N–H and O–H groups in total. The third-order valence-corrected chi connectivity index (χ3v) is 1.81. The van der Waals surface area contributed by atoms with Gasteiger partial charge < -0.3 is 16.2 Å². The van der Waals surface area contributed by atoms with Gasteiger partial charge in [0.1, 0.15) is 6.04 Å². The molecule has 0 saturated carbocycles. The molecule has 0 aliphatic heterocycles. The molecule has 1 amide bonds. The molecule has 0 rings (SSSR count). The summed E-state index contributed by atoms with van der Waals surface area (Å²) in [5, 5.41) is 11.2. The maximum Gasteiger partial charge on any atom is 0.326 e. The molecule has 0 heterocycles. The first-order chi connectivity index (χ1) is 6.61. The number of amides is 1. The van der Waals surface area contributed by atoms with Gasteiger partial charge in [-0.15, -0.1) is 0 Å². The third-order valence-electron chi connectivity index (χ3n) is 1.81. The van der Waals surface area contributed by atoms with Gasteiger partial charge in [-0.3, -0.25) is 4.79 Å². The SMILES string of the molecule is CCCC(=O)NC(CCCN)C(=O)O. The Hall–Kier alpha value is -1.10. The number of hydrogen-bond acceptors (Lipinski definition) is 3. The highest BCUT2D eigenvalue weighted by Gasteiger charge is 2.18. The second-order valence-electron chi connectivity index (χ2n) is 3.14. The average Bonchev–Trinajstić information content (AvgIpc) is 2.12. The highest BCUT2D eigenvalue weighted by atomic mass is 16.4. The predicted octanol–water partition coefficient (Wildman–Crippen LogP) is 0.0948. The van der Waals surface area contributed by atoms with Crippen LogP contribution in [0.25, 0.3) is 0 Å². The Bertz CT molecular complexity index is 194. The van der Waals surface area contributed by atoms with Gasteiger partial charge in [0.05, 0.1) is 0 Å². The zero-order valence-corrected chi connectivity index (χ0v) is 8.45. The smallest absolute Gasteiger partial charge is 0.326 e. The van der Waals surface area contributed by atoms with Gasteiger partial charge in [0, 0.05) is 6.42 Å². The van der Waals surface area contributed by atoms with E-state index in [-0.39, 0.29) is 5.91 Å². The van der Waals surface area contributed by atoms with E-state index in [1.165, 1.54) is 0 Å². The lowest BCUT2D eigenvalue weighted by Gasteiger charge is -2.13. The van der Waals surface area contributed by atoms with Gasteiger partial charge in [-0.25, -0.2) is 4.79 Å². The summed E-state index contributed by atoms with van der Waals surface area (Å²) in [5.41, 5.74) is 5.26. The van der Waals surface area contributed by atoms with Crippen molar-refractivity contribution >= 4 is 11.9 Å². The van der Waals surface area contributed by atoms with Crippen LogP contribution in [0.4, 0.5) is 0 Å². The topological polar surface area (TPSA) is 92.4 Å². The molecule has 0 aromatic carbocycles. The molecule has 0 bridgehead atoms. The number of carboxylic acids is 1. The van der Waals surface area contributed by atoms with Crippen molar-refractivity contribution in [1.29, 1.82) is 0 Å². The van der Waals surface area contributed by atoms with Crippen LogP contribution in [0.2, 0.25) is 0 Å². The van der Waals surface area contributed by atoms with Crippen molar-refractivity contribution in [1.82, 2.24) is 5.32 Å². The van der Waals surface area contributed by atoms with Crippen molar-refractivity contribution in [3.63, 3.8) is 0 Å². The highest BCUT2D eigenvalue weighted by molar-refractivity contribution is 5.83. The second-order valence-corrected chi connectivity index (χ2v) is 3.14. The molecule has 0 aromatic rings. The van der Waals surface area contributed by atoms with E-state index < -0.39 is 12.0 Å². The Morgan fingerprint density at radius 1 is 1.50 bits per heavy atom. The van der Waals surface area contributed by atoms with E-state index in [0.717, 1.165) is 6.42 Å². The van der Waals surface area contributed by atoms with Crippen molar-refractivity contribution in [2.45, 2.75) is 38.6 Å². The van der Waals surface area contributed by atoms with Crippen molar-refractivity contribution in [2.24, 2.45) is 5.73 Å². The lowest BCUT2D eigenvalue weighted by Crippen LogP contribution is -2.40. The highest BCUT2D eigenvalue weighted by Crippen LogP contribution is 1.98. The van der Waals surface area contributed by atoms with Gasteiger partial charge >= 0.3 is 5.97 Å². The molecule has 0 aliphatic rings. The number of hydrogen-bond donors (Lipinski definition) is 3. The van der Waals surface area contributed by atoms with Crippen molar-refractivity contribution in [3.05, 3.63) is 0 Å². The van der Waals surface area contributed by atoms with E-state index in [4.69, 9.17) is 10.8 Å². The molecule has 0 radical (unpaired) electrons. The number of aliphatic carboxylic acids is 1. The Morgan fingerprint density at radius 2 is 2.14 bits per heavy atom.